The number of rotatable bonds is 5. The van der Waals surface area contributed by atoms with Crippen LogP contribution in [0, 0.1) is 5.92 Å². The van der Waals surface area contributed by atoms with Crippen molar-refractivity contribution >= 4 is 15.7 Å². The summed E-state index contributed by atoms with van der Waals surface area (Å²) in [7, 11) is -2.83. The van der Waals surface area contributed by atoms with Crippen LogP contribution in [-0.4, -0.2) is 44.5 Å². The van der Waals surface area contributed by atoms with E-state index in [2.05, 4.69) is 10.6 Å². The van der Waals surface area contributed by atoms with Crippen LogP contribution < -0.4 is 10.6 Å². The molecule has 2 unspecified atom stereocenters. The van der Waals surface area contributed by atoms with Gasteiger partial charge in [-0.15, -0.1) is 0 Å². The summed E-state index contributed by atoms with van der Waals surface area (Å²) in [6.45, 7) is 2.46. The van der Waals surface area contributed by atoms with Crippen LogP contribution in [0.4, 0.5) is 0 Å². The molecule has 1 saturated carbocycles. The van der Waals surface area contributed by atoms with Crippen molar-refractivity contribution in [1.82, 2.24) is 10.6 Å². The second kappa shape index (κ2) is 6.89. The highest BCUT2D eigenvalue weighted by Crippen LogP contribution is 2.18. The van der Waals surface area contributed by atoms with E-state index in [1.807, 2.05) is 6.92 Å². The number of hydrogen-bond donors (Lipinski definition) is 2. The maximum atomic E-state index is 12.1. The highest BCUT2D eigenvalue weighted by molar-refractivity contribution is 7.91. The number of sulfone groups is 1. The molecule has 2 atom stereocenters. The first-order valence-corrected chi connectivity index (χ1v) is 9.52. The van der Waals surface area contributed by atoms with Crippen molar-refractivity contribution < 1.29 is 13.2 Å². The first-order valence-electron chi connectivity index (χ1n) is 7.70. The van der Waals surface area contributed by atoms with Crippen LogP contribution in [0.5, 0.6) is 0 Å². The standard InChI is InChI=1S/C14H26N2O3S/c1-11(14(17)16-13-5-3-2-4-6-13)15-9-12-7-8-20(18,19)10-12/h11-13,15H,2-10H2,1H3,(H,16,17). The van der Waals surface area contributed by atoms with Crippen LogP contribution in [0.15, 0.2) is 0 Å². The van der Waals surface area contributed by atoms with Crippen LogP contribution in [-0.2, 0) is 14.6 Å². The molecule has 0 bridgehead atoms. The second-order valence-electron chi connectivity index (χ2n) is 6.24. The van der Waals surface area contributed by atoms with Crippen molar-refractivity contribution in [1.29, 1.82) is 0 Å². The van der Waals surface area contributed by atoms with Crippen molar-refractivity contribution in [2.24, 2.45) is 5.92 Å². The zero-order chi connectivity index (χ0) is 14.6. The molecule has 20 heavy (non-hydrogen) atoms. The maximum absolute atomic E-state index is 12.1. The minimum absolute atomic E-state index is 0.0396. The first-order chi connectivity index (χ1) is 9.46. The highest BCUT2D eigenvalue weighted by atomic mass is 32.2. The summed E-state index contributed by atoms with van der Waals surface area (Å²) >= 11 is 0. The lowest BCUT2D eigenvalue weighted by atomic mass is 9.95. The molecule has 5 nitrogen and oxygen atoms in total. The van der Waals surface area contributed by atoms with Crippen molar-refractivity contribution in [3.63, 3.8) is 0 Å². The largest absolute Gasteiger partial charge is 0.352 e. The molecule has 1 aliphatic heterocycles. The number of nitrogens with one attached hydrogen (secondary N) is 2. The van der Waals surface area contributed by atoms with Gasteiger partial charge in [0.25, 0.3) is 0 Å². The first kappa shape index (κ1) is 15.8. The van der Waals surface area contributed by atoms with E-state index in [0.717, 1.165) is 12.8 Å². The molecule has 2 rings (SSSR count). The number of carbonyl (C=O) groups is 1. The molecule has 0 aromatic heterocycles. The average molecular weight is 302 g/mol. The maximum Gasteiger partial charge on any atom is 0.237 e. The van der Waals surface area contributed by atoms with Crippen LogP contribution >= 0.6 is 0 Å². The molecular weight excluding hydrogens is 276 g/mol. The fourth-order valence-corrected chi connectivity index (χ4v) is 4.90. The number of hydrogen-bond acceptors (Lipinski definition) is 4. The number of carbonyl (C=O) groups excluding carboxylic acids is 1. The summed E-state index contributed by atoms with van der Waals surface area (Å²) in [6, 6.07) is 0.0765. The summed E-state index contributed by atoms with van der Waals surface area (Å²) in [5, 5.41) is 6.27. The van der Waals surface area contributed by atoms with Crippen LogP contribution in [0.3, 0.4) is 0 Å². The minimum Gasteiger partial charge on any atom is -0.352 e. The highest BCUT2D eigenvalue weighted by Gasteiger charge is 2.28. The van der Waals surface area contributed by atoms with Gasteiger partial charge in [-0.05, 0) is 38.6 Å². The molecule has 2 fully saturated rings. The van der Waals surface area contributed by atoms with Gasteiger partial charge in [-0.2, -0.15) is 0 Å². The molecule has 0 spiro atoms. The SMILES string of the molecule is CC(NCC1CCS(=O)(=O)C1)C(=O)NC1CCCCC1. The Balaban J connectivity index is 1.68. The van der Waals surface area contributed by atoms with E-state index >= 15 is 0 Å². The summed E-state index contributed by atoms with van der Waals surface area (Å²) in [4.78, 5) is 12.1. The zero-order valence-electron chi connectivity index (χ0n) is 12.2. The molecule has 1 amide bonds. The molecule has 2 aliphatic rings. The number of amides is 1. The van der Waals surface area contributed by atoms with E-state index in [1.54, 1.807) is 0 Å². The Morgan fingerprint density at radius 1 is 1.20 bits per heavy atom. The van der Waals surface area contributed by atoms with E-state index in [4.69, 9.17) is 0 Å². The van der Waals surface area contributed by atoms with Gasteiger partial charge >= 0.3 is 0 Å². The summed E-state index contributed by atoms with van der Waals surface area (Å²) in [5.74, 6) is 0.751. The van der Waals surface area contributed by atoms with E-state index in [-0.39, 0.29) is 23.6 Å². The van der Waals surface area contributed by atoms with E-state index in [1.165, 1.54) is 19.3 Å². The van der Waals surface area contributed by atoms with Crippen LogP contribution in [0.1, 0.15) is 45.4 Å². The Bertz CT molecular complexity index is 430. The molecule has 116 valence electrons. The van der Waals surface area contributed by atoms with Crippen LogP contribution in [0.2, 0.25) is 0 Å². The van der Waals surface area contributed by atoms with E-state index in [9.17, 15) is 13.2 Å². The van der Waals surface area contributed by atoms with Gasteiger partial charge < -0.3 is 10.6 Å². The lowest BCUT2D eigenvalue weighted by molar-refractivity contribution is -0.123. The molecule has 1 aliphatic carbocycles. The molecule has 0 aromatic rings. The van der Waals surface area contributed by atoms with Gasteiger partial charge in [0.05, 0.1) is 17.5 Å². The average Bonchev–Trinajstić information content (AvgIpc) is 2.76. The zero-order valence-corrected chi connectivity index (χ0v) is 13.0. The molecule has 0 radical (unpaired) electrons. The fourth-order valence-electron chi connectivity index (χ4n) is 3.04. The van der Waals surface area contributed by atoms with E-state index < -0.39 is 9.84 Å². The smallest absolute Gasteiger partial charge is 0.237 e. The molecular formula is C14H26N2O3S. The predicted molar refractivity (Wildman–Crippen MR) is 79.2 cm³/mol. The Kier molecular flexibility index (Phi) is 5.43. The lowest BCUT2D eigenvalue weighted by Crippen LogP contribution is -2.47. The Morgan fingerprint density at radius 3 is 2.50 bits per heavy atom. The van der Waals surface area contributed by atoms with Gasteiger partial charge in [0.2, 0.25) is 5.91 Å². The monoisotopic (exact) mass is 302 g/mol. The van der Waals surface area contributed by atoms with Gasteiger partial charge in [-0.1, -0.05) is 19.3 Å². The Hall–Kier alpha value is -0.620. The van der Waals surface area contributed by atoms with Crippen LogP contribution in [0.25, 0.3) is 0 Å². The molecule has 1 saturated heterocycles. The van der Waals surface area contributed by atoms with Crippen molar-refractivity contribution in [2.45, 2.75) is 57.5 Å². The topological polar surface area (TPSA) is 75.3 Å². The van der Waals surface area contributed by atoms with Gasteiger partial charge in [0.1, 0.15) is 0 Å². The van der Waals surface area contributed by atoms with Crippen molar-refractivity contribution in [3.8, 4) is 0 Å². The quantitative estimate of drug-likeness (QED) is 0.789. The summed E-state index contributed by atoms with van der Waals surface area (Å²) in [5.41, 5.74) is 0. The second-order valence-corrected chi connectivity index (χ2v) is 8.47. The molecule has 0 aromatic carbocycles. The summed E-state index contributed by atoms with van der Waals surface area (Å²) < 4.78 is 22.8. The third-order valence-corrected chi connectivity index (χ3v) is 6.22. The Labute approximate surface area is 121 Å². The lowest BCUT2D eigenvalue weighted by Gasteiger charge is -2.25. The van der Waals surface area contributed by atoms with Gasteiger partial charge in [0.15, 0.2) is 9.84 Å². The minimum atomic E-state index is -2.83. The normalized spacial score (nSPS) is 28.1. The summed E-state index contributed by atoms with van der Waals surface area (Å²) in [6.07, 6.45) is 6.56. The Morgan fingerprint density at radius 2 is 1.90 bits per heavy atom. The van der Waals surface area contributed by atoms with Gasteiger partial charge in [0, 0.05) is 6.04 Å². The van der Waals surface area contributed by atoms with Gasteiger partial charge in [-0.25, -0.2) is 8.42 Å². The van der Waals surface area contributed by atoms with Crippen molar-refractivity contribution in [3.05, 3.63) is 0 Å². The molecule has 2 N–H and O–H groups in total. The molecule has 6 heteroatoms. The van der Waals surface area contributed by atoms with Crippen molar-refractivity contribution in [2.75, 3.05) is 18.1 Å². The van der Waals surface area contributed by atoms with E-state index in [0.29, 0.717) is 24.8 Å². The van der Waals surface area contributed by atoms with Gasteiger partial charge in [-0.3, -0.25) is 4.79 Å². The molecule has 1 heterocycles. The fraction of sp³-hybridized carbons (Fsp3) is 0.929. The predicted octanol–water partition coefficient (Wildman–Crippen LogP) is 0.848. The third-order valence-electron chi connectivity index (χ3n) is 4.38. The third kappa shape index (κ3) is 4.74.